The van der Waals surface area contributed by atoms with Crippen LogP contribution in [0.4, 0.5) is 51.0 Å². The molecule has 3 rings (SSSR count). The molecule has 0 unspecified atom stereocenters. The predicted molar refractivity (Wildman–Crippen MR) is 121 cm³/mol. The highest BCUT2D eigenvalue weighted by Gasteiger charge is 2.73. The molecule has 12 nitrogen and oxygen atoms in total. The van der Waals surface area contributed by atoms with Crippen LogP contribution in [-0.4, -0.2) is 67.2 Å². The van der Waals surface area contributed by atoms with Gasteiger partial charge in [-0.1, -0.05) is 0 Å². The minimum absolute atomic E-state index is 0.147. The van der Waals surface area contributed by atoms with Gasteiger partial charge in [0.1, 0.15) is 13.2 Å². The van der Waals surface area contributed by atoms with Crippen molar-refractivity contribution in [2.24, 2.45) is 0 Å². The number of nitrogens with zero attached hydrogens (tertiary/aromatic N) is 6. The Bertz CT molecular complexity index is 1500. The third-order valence-corrected chi connectivity index (χ3v) is 6.07. The third kappa shape index (κ3) is 6.69. The van der Waals surface area contributed by atoms with E-state index in [1.54, 1.807) is 5.32 Å². The van der Waals surface area contributed by atoms with Crippen LogP contribution in [0.5, 0.6) is 0 Å². The lowest BCUT2D eigenvalue weighted by atomic mass is 10.0. The Hall–Kier alpha value is -4.50. The molecule has 2 aromatic heterocycles. The summed E-state index contributed by atoms with van der Waals surface area (Å²) in [5.74, 6) is -17.8. The normalized spacial score (nSPS) is 12.2. The topological polar surface area (TPSA) is 158 Å². The monoisotopic (exact) mass is 632 g/mol. The molecule has 2 heterocycles. The molecule has 0 radical (unpaired) electrons. The Morgan fingerprint density at radius 3 is 2.38 bits per heavy atom. The van der Waals surface area contributed by atoms with E-state index in [-0.39, 0.29) is 22.8 Å². The van der Waals surface area contributed by atoms with Crippen LogP contribution in [0.1, 0.15) is 15.9 Å². The Balaban J connectivity index is 1.91. The average molecular weight is 632 g/mol. The van der Waals surface area contributed by atoms with Crippen LogP contribution in [0.3, 0.4) is 0 Å². The minimum Gasteiger partial charge on any atom is -0.352 e. The van der Waals surface area contributed by atoms with E-state index in [0.717, 1.165) is 16.8 Å². The van der Waals surface area contributed by atoms with Crippen molar-refractivity contribution in [3.63, 3.8) is 0 Å². The number of nitro groups is 1. The van der Waals surface area contributed by atoms with E-state index in [4.69, 9.17) is 0 Å². The molecule has 22 heteroatoms. The molecule has 0 saturated heterocycles. The van der Waals surface area contributed by atoms with Gasteiger partial charge in [0.25, 0.3) is 11.6 Å². The summed E-state index contributed by atoms with van der Waals surface area (Å²) in [5.41, 5.74) is -3.40. The van der Waals surface area contributed by atoms with Crippen molar-refractivity contribution >= 4 is 35.1 Å². The standard InChI is InChI=1S/C20H13F9N8O4S/c21-3-4-30-14(38)8-36-17(33-34-35-36)42-13-2-1-10(37(40)41)6-11(13)16(39)32-15-12(22)5-9(7-31-15)18(23,24)19(25,26)20(27,28)29/h1-2,5-7H,3-4,8H2,(H,30,38)(H,31,32,39). The van der Waals surface area contributed by atoms with Gasteiger partial charge >= 0.3 is 18.0 Å². The van der Waals surface area contributed by atoms with E-state index in [1.165, 1.54) is 0 Å². The molecule has 42 heavy (non-hydrogen) atoms. The molecule has 0 spiro atoms. The van der Waals surface area contributed by atoms with E-state index in [0.29, 0.717) is 17.8 Å². The van der Waals surface area contributed by atoms with E-state index in [9.17, 15) is 59.2 Å². The van der Waals surface area contributed by atoms with E-state index in [1.807, 2.05) is 0 Å². The Labute approximate surface area is 230 Å². The first-order valence-corrected chi connectivity index (χ1v) is 11.7. The quantitative estimate of drug-likeness (QED) is 0.182. The van der Waals surface area contributed by atoms with Gasteiger partial charge in [-0.3, -0.25) is 19.7 Å². The Morgan fingerprint density at radius 2 is 1.79 bits per heavy atom. The number of hydrogen-bond acceptors (Lipinski definition) is 9. The molecular weight excluding hydrogens is 619 g/mol. The molecule has 0 bridgehead atoms. The summed E-state index contributed by atoms with van der Waals surface area (Å²) in [6.07, 6.45) is -6.92. The zero-order valence-electron chi connectivity index (χ0n) is 20.1. The van der Waals surface area contributed by atoms with Gasteiger partial charge in [0, 0.05) is 35.3 Å². The SMILES string of the molecule is O=C(Cn1nnnc1Sc1ccc([N+](=O)[O-])cc1C(=O)Nc1ncc(C(F)(F)C(F)(F)C(F)(F)F)cc1F)NCCF. The van der Waals surface area contributed by atoms with Gasteiger partial charge in [-0.15, -0.1) is 5.10 Å². The van der Waals surface area contributed by atoms with Crippen LogP contribution in [0, 0.1) is 15.9 Å². The number of hydrogen-bond donors (Lipinski definition) is 2. The van der Waals surface area contributed by atoms with Gasteiger partial charge in [0.15, 0.2) is 11.6 Å². The number of alkyl halides is 8. The number of carbonyl (C=O) groups is 2. The van der Waals surface area contributed by atoms with Crippen LogP contribution in [0.15, 0.2) is 40.5 Å². The van der Waals surface area contributed by atoms with Gasteiger partial charge in [0.05, 0.1) is 10.5 Å². The van der Waals surface area contributed by atoms with Crippen LogP contribution in [-0.2, 0) is 17.3 Å². The molecule has 0 aliphatic heterocycles. The van der Waals surface area contributed by atoms with Crippen LogP contribution < -0.4 is 10.6 Å². The number of benzene rings is 1. The van der Waals surface area contributed by atoms with E-state index >= 15 is 0 Å². The fourth-order valence-electron chi connectivity index (χ4n) is 2.98. The molecule has 226 valence electrons. The summed E-state index contributed by atoms with van der Waals surface area (Å²) in [7, 11) is 0. The third-order valence-electron chi connectivity index (χ3n) is 5.01. The van der Waals surface area contributed by atoms with Crippen molar-refractivity contribution in [2.75, 3.05) is 18.5 Å². The maximum atomic E-state index is 14.5. The number of rotatable bonds is 11. The molecule has 0 atom stereocenters. The highest BCUT2D eigenvalue weighted by atomic mass is 32.2. The van der Waals surface area contributed by atoms with Crippen LogP contribution in [0.2, 0.25) is 0 Å². The van der Waals surface area contributed by atoms with Crippen molar-refractivity contribution < 1.29 is 54.0 Å². The number of anilines is 1. The minimum atomic E-state index is -6.70. The Morgan fingerprint density at radius 1 is 1.10 bits per heavy atom. The number of pyridine rings is 1. The van der Waals surface area contributed by atoms with Crippen molar-refractivity contribution in [1.82, 2.24) is 30.5 Å². The fraction of sp³-hybridized carbons (Fsp3) is 0.300. The second-order valence-corrected chi connectivity index (χ2v) is 8.86. The number of carbonyl (C=O) groups excluding carboxylic acids is 2. The second-order valence-electron chi connectivity index (χ2n) is 7.85. The lowest BCUT2D eigenvalue weighted by molar-refractivity contribution is -0.384. The van der Waals surface area contributed by atoms with Gasteiger partial charge in [-0.2, -0.15) is 30.7 Å². The first-order chi connectivity index (χ1) is 19.5. The summed E-state index contributed by atoms with van der Waals surface area (Å²) < 4.78 is 119. The van der Waals surface area contributed by atoms with Crippen molar-refractivity contribution in [2.45, 2.75) is 34.6 Å². The smallest absolute Gasteiger partial charge is 0.352 e. The average Bonchev–Trinajstić information content (AvgIpc) is 3.33. The highest BCUT2D eigenvalue weighted by molar-refractivity contribution is 7.99. The summed E-state index contributed by atoms with van der Waals surface area (Å²) in [6.45, 7) is -1.67. The zero-order valence-corrected chi connectivity index (χ0v) is 21.0. The number of nitro benzene ring substituents is 1. The lowest BCUT2D eigenvalue weighted by Gasteiger charge is -2.28. The molecule has 0 fully saturated rings. The largest absolute Gasteiger partial charge is 0.460 e. The van der Waals surface area contributed by atoms with E-state index in [2.05, 4.69) is 25.8 Å². The molecule has 2 N–H and O–H groups in total. The Kier molecular flexibility index (Phi) is 9.27. The summed E-state index contributed by atoms with van der Waals surface area (Å²) in [6, 6.07) is 2.28. The van der Waals surface area contributed by atoms with Crippen LogP contribution >= 0.6 is 11.8 Å². The maximum absolute atomic E-state index is 14.5. The predicted octanol–water partition coefficient (Wildman–Crippen LogP) is 3.89. The molecule has 0 aliphatic carbocycles. The van der Waals surface area contributed by atoms with Gasteiger partial charge in [-0.05, 0) is 34.3 Å². The molecular formula is C20H13F9N8O4S. The zero-order chi connectivity index (χ0) is 31.5. The second kappa shape index (κ2) is 12.2. The number of aromatic nitrogens is 5. The van der Waals surface area contributed by atoms with E-state index < -0.39 is 82.5 Å². The van der Waals surface area contributed by atoms with Gasteiger partial charge in [0.2, 0.25) is 11.1 Å². The van der Waals surface area contributed by atoms with Crippen molar-refractivity contribution in [3.8, 4) is 0 Å². The van der Waals surface area contributed by atoms with Gasteiger partial charge < -0.3 is 10.6 Å². The van der Waals surface area contributed by atoms with Crippen molar-refractivity contribution in [1.29, 1.82) is 0 Å². The number of tetrazole rings is 1. The molecule has 1 aromatic carbocycles. The lowest BCUT2D eigenvalue weighted by Crippen LogP contribution is -2.50. The summed E-state index contributed by atoms with van der Waals surface area (Å²) in [4.78, 5) is 38.0. The van der Waals surface area contributed by atoms with Crippen molar-refractivity contribution in [3.05, 3.63) is 57.5 Å². The van der Waals surface area contributed by atoms with Crippen LogP contribution in [0.25, 0.3) is 0 Å². The number of non-ortho nitro benzene ring substituents is 1. The summed E-state index contributed by atoms with van der Waals surface area (Å²) >= 11 is 0.574. The number of nitrogens with one attached hydrogen (secondary N) is 2. The molecule has 0 saturated carbocycles. The van der Waals surface area contributed by atoms with Gasteiger partial charge in [-0.25, -0.2) is 18.4 Å². The molecule has 3 aromatic rings. The maximum Gasteiger partial charge on any atom is 0.460 e. The number of amides is 2. The molecule has 0 aliphatic rings. The highest BCUT2D eigenvalue weighted by Crippen LogP contribution is 2.51. The molecule has 2 amide bonds. The first-order valence-electron chi connectivity index (χ1n) is 10.8. The fourth-order valence-corrected chi connectivity index (χ4v) is 3.86. The number of halogens is 9. The summed E-state index contributed by atoms with van der Waals surface area (Å²) in [5, 5.41) is 25.6. The first kappa shape index (κ1) is 32.0.